The lowest BCUT2D eigenvalue weighted by Crippen LogP contribution is -2.37. The van der Waals surface area contributed by atoms with Crippen molar-refractivity contribution in [2.75, 3.05) is 7.11 Å². The summed E-state index contributed by atoms with van der Waals surface area (Å²) in [7, 11) is 3.55. The summed E-state index contributed by atoms with van der Waals surface area (Å²) >= 11 is 0. The van der Waals surface area contributed by atoms with Gasteiger partial charge >= 0.3 is 0 Å². The minimum Gasteiger partial charge on any atom is -0.480 e. The van der Waals surface area contributed by atoms with E-state index in [-0.39, 0.29) is 5.54 Å². The summed E-state index contributed by atoms with van der Waals surface area (Å²) in [5, 5.41) is 7.69. The highest BCUT2D eigenvalue weighted by Crippen LogP contribution is 2.16. The molecule has 1 N–H and O–H groups in total. The van der Waals surface area contributed by atoms with Crippen molar-refractivity contribution in [2.45, 2.75) is 39.3 Å². The Hall–Kier alpha value is -1.03. The molecule has 0 amide bonds. The van der Waals surface area contributed by atoms with Gasteiger partial charge in [-0.25, -0.2) is 0 Å². The van der Waals surface area contributed by atoms with Gasteiger partial charge in [0.1, 0.15) is 0 Å². The molecule has 4 heteroatoms. The van der Waals surface area contributed by atoms with E-state index in [1.54, 1.807) is 11.8 Å². The first-order valence-electron chi connectivity index (χ1n) is 5.30. The maximum atomic E-state index is 5.19. The third kappa shape index (κ3) is 3.23. The fraction of sp³-hybridized carbons (Fsp3) is 0.727. The largest absolute Gasteiger partial charge is 0.480 e. The summed E-state index contributed by atoms with van der Waals surface area (Å²) in [5.74, 6) is 0.705. The molecule has 0 fully saturated rings. The van der Waals surface area contributed by atoms with Crippen LogP contribution in [0.3, 0.4) is 0 Å². The standard InChI is InChI=1S/C11H21N3O/c1-6-11(2,3)12-7-9-8-14(4)13-10(9)15-5/h8,12H,6-7H2,1-5H3. The molecule has 1 heterocycles. The molecule has 1 aromatic heterocycles. The molecule has 86 valence electrons. The first-order chi connectivity index (χ1) is 6.98. The Morgan fingerprint density at radius 1 is 1.53 bits per heavy atom. The third-order valence-corrected chi connectivity index (χ3v) is 2.70. The molecule has 0 unspecified atom stereocenters. The van der Waals surface area contributed by atoms with Gasteiger partial charge in [-0.3, -0.25) is 4.68 Å². The number of nitrogens with zero attached hydrogens (tertiary/aromatic N) is 2. The van der Waals surface area contributed by atoms with Crippen LogP contribution in [-0.4, -0.2) is 22.4 Å². The normalized spacial score (nSPS) is 11.8. The predicted octanol–water partition coefficient (Wildman–Crippen LogP) is 1.71. The van der Waals surface area contributed by atoms with Crippen LogP contribution in [0.1, 0.15) is 32.8 Å². The zero-order valence-electron chi connectivity index (χ0n) is 10.3. The molecule has 0 saturated heterocycles. The first kappa shape index (κ1) is 12.0. The number of rotatable bonds is 5. The van der Waals surface area contributed by atoms with Gasteiger partial charge in [-0.15, -0.1) is 5.10 Å². The second kappa shape index (κ2) is 4.66. The van der Waals surface area contributed by atoms with E-state index in [9.17, 15) is 0 Å². The van der Waals surface area contributed by atoms with Gasteiger partial charge in [0.05, 0.1) is 7.11 Å². The average molecular weight is 211 g/mol. The molecule has 15 heavy (non-hydrogen) atoms. The van der Waals surface area contributed by atoms with E-state index in [1.807, 2.05) is 13.2 Å². The molecule has 1 rings (SSSR count). The fourth-order valence-corrected chi connectivity index (χ4v) is 1.27. The highest BCUT2D eigenvalue weighted by molar-refractivity contribution is 5.23. The Balaban J connectivity index is 2.64. The molecule has 0 bridgehead atoms. The highest BCUT2D eigenvalue weighted by Gasteiger charge is 2.15. The summed E-state index contributed by atoms with van der Waals surface area (Å²) < 4.78 is 6.97. The summed E-state index contributed by atoms with van der Waals surface area (Å²) in [6, 6.07) is 0. The van der Waals surface area contributed by atoms with E-state index in [0.29, 0.717) is 5.88 Å². The molecule has 0 spiro atoms. The zero-order chi connectivity index (χ0) is 11.5. The Morgan fingerprint density at radius 2 is 2.20 bits per heavy atom. The maximum absolute atomic E-state index is 5.19. The number of hydrogen-bond donors (Lipinski definition) is 1. The molecular formula is C11H21N3O. The Bertz CT molecular complexity index is 318. The van der Waals surface area contributed by atoms with Gasteiger partial charge in [-0.2, -0.15) is 0 Å². The molecule has 0 aliphatic rings. The lowest BCUT2D eigenvalue weighted by atomic mass is 10.0. The van der Waals surface area contributed by atoms with Gasteiger partial charge in [-0.05, 0) is 20.3 Å². The number of hydrogen-bond acceptors (Lipinski definition) is 3. The number of ether oxygens (including phenoxy) is 1. The van der Waals surface area contributed by atoms with Gasteiger partial charge in [0.2, 0.25) is 5.88 Å². The Labute approximate surface area is 91.6 Å². The van der Waals surface area contributed by atoms with E-state index in [2.05, 4.69) is 31.2 Å². The predicted molar refractivity (Wildman–Crippen MR) is 61.0 cm³/mol. The van der Waals surface area contributed by atoms with Crippen LogP contribution in [0.5, 0.6) is 5.88 Å². The summed E-state index contributed by atoms with van der Waals surface area (Å²) in [6.07, 6.45) is 3.08. The number of aryl methyl sites for hydroxylation is 1. The Kier molecular flexibility index (Phi) is 3.74. The van der Waals surface area contributed by atoms with Crippen molar-refractivity contribution in [3.63, 3.8) is 0 Å². The van der Waals surface area contributed by atoms with Crippen LogP contribution in [0.15, 0.2) is 6.20 Å². The molecule has 0 saturated carbocycles. The van der Waals surface area contributed by atoms with E-state index < -0.39 is 0 Å². The average Bonchev–Trinajstić information content (AvgIpc) is 2.56. The minimum absolute atomic E-state index is 0.154. The van der Waals surface area contributed by atoms with Crippen molar-refractivity contribution < 1.29 is 4.74 Å². The van der Waals surface area contributed by atoms with Crippen molar-refractivity contribution in [3.8, 4) is 5.88 Å². The van der Waals surface area contributed by atoms with E-state index >= 15 is 0 Å². The zero-order valence-corrected chi connectivity index (χ0v) is 10.3. The molecule has 0 radical (unpaired) electrons. The monoisotopic (exact) mass is 211 g/mol. The van der Waals surface area contributed by atoms with Crippen LogP contribution >= 0.6 is 0 Å². The maximum Gasteiger partial charge on any atom is 0.237 e. The van der Waals surface area contributed by atoms with Crippen LogP contribution in [0.4, 0.5) is 0 Å². The van der Waals surface area contributed by atoms with Gasteiger partial charge in [-0.1, -0.05) is 6.92 Å². The van der Waals surface area contributed by atoms with E-state index in [1.165, 1.54) is 0 Å². The number of methoxy groups -OCH3 is 1. The summed E-state index contributed by atoms with van der Waals surface area (Å²) in [6.45, 7) is 7.34. The van der Waals surface area contributed by atoms with Crippen molar-refractivity contribution in [2.24, 2.45) is 7.05 Å². The second-order valence-electron chi connectivity index (χ2n) is 4.43. The van der Waals surface area contributed by atoms with Crippen LogP contribution in [0.25, 0.3) is 0 Å². The third-order valence-electron chi connectivity index (χ3n) is 2.70. The van der Waals surface area contributed by atoms with Crippen molar-refractivity contribution >= 4 is 0 Å². The van der Waals surface area contributed by atoms with Crippen molar-refractivity contribution in [1.29, 1.82) is 0 Å². The van der Waals surface area contributed by atoms with Gasteiger partial charge in [0.15, 0.2) is 0 Å². The van der Waals surface area contributed by atoms with Crippen LogP contribution < -0.4 is 10.1 Å². The van der Waals surface area contributed by atoms with E-state index in [4.69, 9.17) is 4.74 Å². The second-order valence-corrected chi connectivity index (χ2v) is 4.43. The topological polar surface area (TPSA) is 39.1 Å². The van der Waals surface area contributed by atoms with Gasteiger partial charge < -0.3 is 10.1 Å². The minimum atomic E-state index is 0.154. The lowest BCUT2D eigenvalue weighted by Gasteiger charge is -2.24. The SMILES string of the molecule is CCC(C)(C)NCc1cn(C)nc1OC. The molecular weight excluding hydrogens is 190 g/mol. The highest BCUT2D eigenvalue weighted by atomic mass is 16.5. The molecule has 0 aromatic carbocycles. The van der Waals surface area contributed by atoms with Gasteiger partial charge in [0.25, 0.3) is 0 Å². The van der Waals surface area contributed by atoms with Crippen molar-refractivity contribution in [1.82, 2.24) is 15.1 Å². The smallest absolute Gasteiger partial charge is 0.237 e. The molecule has 0 aliphatic carbocycles. The molecule has 1 aromatic rings. The van der Waals surface area contributed by atoms with Crippen LogP contribution in [0.2, 0.25) is 0 Å². The number of aromatic nitrogens is 2. The summed E-state index contributed by atoms with van der Waals surface area (Å²) in [4.78, 5) is 0. The molecule has 4 nitrogen and oxygen atoms in total. The molecule has 0 atom stereocenters. The fourth-order valence-electron chi connectivity index (χ4n) is 1.27. The first-order valence-corrected chi connectivity index (χ1v) is 5.30. The number of nitrogens with one attached hydrogen (secondary N) is 1. The van der Waals surface area contributed by atoms with Crippen LogP contribution in [0, 0.1) is 0 Å². The quantitative estimate of drug-likeness (QED) is 0.806. The van der Waals surface area contributed by atoms with Crippen LogP contribution in [-0.2, 0) is 13.6 Å². The lowest BCUT2D eigenvalue weighted by molar-refractivity contribution is 0.360. The molecule has 0 aliphatic heterocycles. The summed E-state index contributed by atoms with van der Waals surface area (Å²) in [5.41, 5.74) is 1.25. The Morgan fingerprint density at radius 3 is 2.73 bits per heavy atom. The van der Waals surface area contributed by atoms with Crippen molar-refractivity contribution in [3.05, 3.63) is 11.8 Å². The van der Waals surface area contributed by atoms with Gasteiger partial charge in [0, 0.05) is 30.9 Å². The van der Waals surface area contributed by atoms with E-state index in [0.717, 1.165) is 18.5 Å².